The fourth-order valence-corrected chi connectivity index (χ4v) is 1.21. The Morgan fingerprint density at radius 1 is 1.67 bits per heavy atom. The molecule has 1 unspecified atom stereocenters. The van der Waals surface area contributed by atoms with Gasteiger partial charge >= 0.3 is 0 Å². The number of amides is 1. The summed E-state index contributed by atoms with van der Waals surface area (Å²) in [5.74, 6) is -0.0469. The van der Waals surface area contributed by atoms with Crippen LogP contribution in [-0.4, -0.2) is 31.2 Å². The van der Waals surface area contributed by atoms with Crippen molar-refractivity contribution in [2.45, 2.75) is 38.0 Å². The van der Waals surface area contributed by atoms with Crippen LogP contribution in [0, 0.1) is 0 Å². The van der Waals surface area contributed by atoms with E-state index in [0.29, 0.717) is 0 Å². The van der Waals surface area contributed by atoms with E-state index in [4.69, 9.17) is 10.5 Å². The van der Waals surface area contributed by atoms with Crippen molar-refractivity contribution in [1.29, 1.82) is 0 Å². The molecule has 0 aromatic carbocycles. The normalized spacial score (nSPS) is 30.6. The monoisotopic (exact) mass is 172 g/mol. The van der Waals surface area contributed by atoms with E-state index in [-0.39, 0.29) is 24.1 Å². The van der Waals surface area contributed by atoms with Gasteiger partial charge in [-0.05, 0) is 19.8 Å². The molecule has 0 bridgehead atoms. The molecular weight excluding hydrogens is 156 g/mol. The Morgan fingerprint density at radius 3 is 2.67 bits per heavy atom. The van der Waals surface area contributed by atoms with Crippen LogP contribution in [0.3, 0.4) is 0 Å². The minimum atomic E-state index is -0.359. The van der Waals surface area contributed by atoms with Gasteiger partial charge in [0.1, 0.15) is 6.10 Å². The molecule has 0 radical (unpaired) electrons. The molecule has 1 fully saturated rings. The van der Waals surface area contributed by atoms with Crippen LogP contribution >= 0.6 is 0 Å². The van der Waals surface area contributed by atoms with Gasteiger partial charge in [0.2, 0.25) is 5.91 Å². The van der Waals surface area contributed by atoms with Gasteiger partial charge in [0.25, 0.3) is 0 Å². The highest BCUT2D eigenvalue weighted by atomic mass is 16.5. The van der Waals surface area contributed by atoms with Crippen molar-refractivity contribution in [3.63, 3.8) is 0 Å². The van der Waals surface area contributed by atoms with Gasteiger partial charge in [0, 0.05) is 19.2 Å². The molecule has 1 aliphatic carbocycles. The summed E-state index contributed by atoms with van der Waals surface area (Å²) in [5.41, 5.74) is 5.57. The van der Waals surface area contributed by atoms with E-state index in [0.717, 1.165) is 12.8 Å². The van der Waals surface area contributed by atoms with Crippen molar-refractivity contribution in [2.24, 2.45) is 5.73 Å². The molecular formula is C8H16N2O2. The Labute approximate surface area is 72.5 Å². The second-order valence-electron chi connectivity index (χ2n) is 3.31. The van der Waals surface area contributed by atoms with Crippen LogP contribution in [0.1, 0.15) is 19.8 Å². The fourth-order valence-electron chi connectivity index (χ4n) is 1.21. The van der Waals surface area contributed by atoms with Crippen LogP contribution in [0.25, 0.3) is 0 Å². The van der Waals surface area contributed by atoms with Gasteiger partial charge in [0.05, 0.1) is 0 Å². The Balaban J connectivity index is 2.18. The number of ether oxygens (including phenoxy) is 1. The second-order valence-corrected chi connectivity index (χ2v) is 3.31. The number of nitrogens with one attached hydrogen (secondary N) is 1. The third-order valence-corrected chi connectivity index (χ3v) is 2.24. The highest BCUT2D eigenvalue weighted by molar-refractivity contribution is 5.80. The molecule has 1 aliphatic rings. The summed E-state index contributed by atoms with van der Waals surface area (Å²) in [7, 11) is 1.52. The maximum Gasteiger partial charge on any atom is 0.249 e. The SMILES string of the molecule is COC(C)C(=O)NC1CC(N)C1. The molecule has 0 heterocycles. The van der Waals surface area contributed by atoms with Gasteiger partial charge in [-0.15, -0.1) is 0 Å². The lowest BCUT2D eigenvalue weighted by atomic mass is 9.87. The van der Waals surface area contributed by atoms with Crippen LogP contribution in [0.2, 0.25) is 0 Å². The highest BCUT2D eigenvalue weighted by Gasteiger charge is 2.28. The molecule has 70 valence electrons. The van der Waals surface area contributed by atoms with E-state index in [1.165, 1.54) is 7.11 Å². The Bertz CT molecular complexity index is 166. The van der Waals surface area contributed by atoms with Crippen molar-refractivity contribution in [3.05, 3.63) is 0 Å². The molecule has 1 rings (SSSR count). The molecule has 1 saturated carbocycles. The first kappa shape index (κ1) is 9.48. The van der Waals surface area contributed by atoms with Crippen molar-refractivity contribution in [3.8, 4) is 0 Å². The minimum absolute atomic E-state index is 0.0469. The molecule has 0 aromatic rings. The van der Waals surface area contributed by atoms with E-state index >= 15 is 0 Å². The fraction of sp³-hybridized carbons (Fsp3) is 0.875. The second kappa shape index (κ2) is 3.87. The zero-order chi connectivity index (χ0) is 9.14. The summed E-state index contributed by atoms with van der Waals surface area (Å²) in [4.78, 5) is 11.2. The van der Waals surface area contributed by atoms with E-state index in [2.05, 4.69) is 5.32 Å². The molecule has 0 spiro atoms. The van der Waals surface area contributed by atoms with Crippen molar-refractivity contribution >= 4 is 5.91 Å². The zero-order valence-corrected chi connectivity index (χ0v) is 7.54. The van der Waals surface area contributed by atoms with Gasteiger partial charge in [-0.3, -0.25) is 4.79 Å². The maximum absolute atomic E-state index is 11.2. The number of carbonyl (C=O) groups is 1. The Morgan fingerprint density at radius 2 is 2.25 bits per heavy atom. The van der Waals surface area contributed by atoms with Crippen LogP contribution in [0.4, 0.5) is 0 Å². The summed E-state index contributed by atoms with van der Waals surface area (Å²) in [6.45, 7) is 1.73. The smallest absolute Gasteiger partial charge is 0.249 e. The zero-order valence-electron chi connectivity index (χ0n) is 7.54. The molecule has 0 aromatic heterocycles. The first-order valence-corrected chi connectivity index (χ1v) is 4.22. The quantitative estimate of drug-likeness (QED) is 0.610. The number of hydrogen-bond acceptors (Lipinski definition) is 3. The first-order chi connectivity index (χ1) is 5.63. The Hall–Kier alpha value is -0.610. The summed E-state index contributed by atoms with van der Waals surface area (Å²) < 4.78 is 4.86. The third kappa shape index (κ3) is 2.19. The topological polar surface area (TPSA) is 64.3 Å². The van der Waals surface area contributed by atoms with Gasteiger partial charge in [-0.1, -0.05) is 0 Å². The first-order valence-electron chi connectivity index (χ1n) is 4.22. The van der Waals surface area contributed by atoms with Crippen molar-refractivity contribution in [2.75, 3.05) is 7.11 Å². The molecule has 3 N–H and O–H groups in total. The predicted octanol–water partition coefficient (Wildman–Crippen LogP) is -0.373. The van der Waals surface area contributed by atoms with Gasteiger partial charge in [-0.25, -0.2) is 0 Å². The Kier molecular flexibility index (Phi) is 3.05. The van der Waals surface area contributed by atoms with Crippen LogP contribution in [0.15, 0.2) is 0 Å². The average Bonchev–Trinajstić information content (AvgIpc) is 2.00. The minimum Gasteiger partial charge on any atom is -0.372 e. The van der Waals surface area contributed by atoms with Gasteiger partial charge in [-0.2, -0.15) is 0 Å². The number of carbonyl (C=O) groups excluding carboxylic acids is 1. The number of nitrogens with two attached hydrogens (primary N) is 1. The van der Waals surface area contributed by atoms with E-state index in [1.54, 1.807) is 6.92 Å². The standard InChI is InChI=1S/C8H16N2O2/c1-5(12-2)8(11)10-7-3-6(9)4-7/h5-7H,3-4,9H2,1-2H3,(H,10,11). The lowest BCUT2D eigenvalue weighted by Crippen LogP contribution is -2.52. The third-order valence-electron chi connectivity index (χ3n) is 2.24. The molecule has 0 aliphatic heterocycles. The highest BCUT2D eigenvalue weighted by Crippen LogP contribution is 2.17. The van der Waals surface area contributed by atoms with Gasteiger partial charge in [0.15, 0.2) is 0 Å². The number of rotatable bonds is 3. The molecule has 1 atom stereocenters. The average molecular weight is 172 g/mol. The van der Waals surface area contributed by atoms with E-state index in [9.17, 15) is 4.79 Å². The van der Waals surface area contributed by atoms with E-state index in [1.807, 2.05) is 0 Å². The maximum atomic E-state index is 11.2. The van der Waals surface area contributed by atoms with Crippen molar-refractivity contribution < 1.29 is 9.53 Å². The molecule has 4 nitrogen and oxygen atoms in total. The largest absolute Gasteiger partial charge is 0.372 e. The van der Waals surface area contributed by atoms with Gasteiger partial charge < -0.3 is 15.8 Å². The summed E-state index contributed by atoms with van der Waals surface area (Å²) in [6.07, 6.45) is 1.42. The molecule has 1 amide bonds. The number of methoxy groups -OCH3 is 1. The summed E-state index contributed by atoms with van der Waals surface area (Å²) in [6, 6.07) is 0.540. The summed E-state index contributed by atoms with van der Waals surface area (Å²) in [5, 5.41) is 2.85. The lowest BCUT2D eigenvalue weighted by molar-refractivity contribution is -0.131. The lowest BCUT2D eigenvalue weighted by Gasteiger charge is -2.33. The van der Waals surface area contributed by atoms with Crippen LogP contribution in [0.5, 0.6) is 0 Å². The van der Waals surface area contributed by atoms with Crippen molar-refractivity contribution in [1.82, 2.24) is 5.32 Å². The predicted molar refractivity (Wildman–Crippen MR) is 45.6 cm³/mol. The van der Waals surface area contributed by atoms with Crippen LogP contribution in [-0.2, 0) is 9.53 Å². The molecule has 4 heteroatoms. The van der Waals surface area contributed by atoms with E-state index < -0.39 is 0 Å². The summed E-state index contributed by atoms with van der Waals surface area (Å²) >= 11 is 0. The number of hydrogen-bond donors (Lipinski definition) is 2. The molecule has 12 heavy (non-hydrogen) atoms. The molecule has 0 saturated heterocycles. The van der Waals surface area contributed by atoms with Crippen LogP contribution < -0.4 is 11.1 Å².